The van der Waals surface area contributed by atoms with Crippen LogP contribution < -0.4 is 0 Å². The second-order valence-corrected chi connectivity index (χ2v) is 7.67. The summed E-state index contributed by atoms with van der Waals surface area (Å²) in [5, 5.41) is 0. The van der Waals surface area contributed by atoms with Crippen LogP contribution in [0, 0.1) is 5.92 Å². The number of rotatable bonds is 20. The van der Waals surface area contributed by atoms with Gasteiger partial charge in [0.15, 0.2) is 0 Å². The first-order valence-corrected chi connectivity index (χ1v) is 11.4. The lowest BCUT2D eigenvalue weighted by atomic mass is 10.1. The summed E-state index contributed by atoms with van der Waals surface area (Å²) < 4.78 is 10.5. The van der Waals surface area contributed by atoms with E-state index in [2.05, 4.69) is 13.8 Å². The van der Waals surface area contributed by atoms with Crippen molar-refractivity contribution in [2.75, 3.05) is 13.2 Å². The van der Waals surface area contributed by atoms with Crippen LogP contribution in [0.4, 0.5) is 0 Å². The van der Waals surface area contributed by atoms with Gasteiger partial charge in [0.2, 0.25) is 0 Å². The Hall–Kier alpha value is -1.39. The molecule has 0 atom stereocenters. The summed E-state index contributed by atoms with van der Waals surface area (Å²) in [6, 6.07) is 0. The normalized spacial score (nSPS) is 10.8. The fourth-order valence-corrected chi connectivity index (χ4v) is 2.99. The van der Waals surface area contributed by atoms with Gasteiger partial charge < -0.3 is 14.3 Å². The fourth-order valence-electron chi connectivity index (χ4n) is 2.99. The standard InChI is InChI=1S/C23H42O5/c1-3-5-7-9-11-13-15-22(25)27-19-21(17-18-24)20-28-23(26)16-14-12-10-8-6-4-2/h18,21H,3-17,19-20H2,1-2H3. The summed E-state index contributed by atoms with van der Waals surface area (Å²) in [6.07, 6.45) is 15.3. The molecule has 0 amide bonds. The van der Waals surface area contributed by atoms with E-state index in [0.717, 1.165) is 44.8 Å². The molecule has 0 aromatic rings. The number of aldehydes is 1. The number of esters is 2. The van der Waals surface area contributed by atoms with Crippen LogP contribution in [-0.2, 0) is 23.9 Å². The van der Waals surface area contributed by atoms with Gasteiger partial charge in [-0.05, 0) is 12.8 Å². The van der Waals surface area contributed by atoms with Crippen LogP contribution in [0.1, 0.15) is 110 Å². The Morgan fingerprint density at radius 1 is 0.679 bits per heavy atom. The zero-order valence-electron chi connectivity index (χ0n) is 18.2. The average Bonchev–Trinajstić information content (AvgIpc) is 2.69. The van der Waals surface area contributed by atoms with Crippen molar-refractivity contribution >= 4 is 18.2 Å². The van der Waals surface area contributed by atoms with Crippen molar-refractivity contribution in [3.8, 4) is 0 Å². The molecule has 0 aliphatic carbocycles. The van der Waals surface area contributed by atoms with Crippen molar-refractivity contribution in [2.24, 2.45) is 5.92 Å². The Labute approximate surface area is 171 Å². The molecule has 0 radical (unpaired) electrons. The van der Waals surface area contributed by atoms with Gasteiger partial charge in [-0.2, -0.15) is 0 Å². The molecule has 0 bridgehead atoms. The van der Waals surface area contributed by atoms with Crippen molar-refractivity contribution in [3.05, 3.63) is 0 Å². The largest absolute Gasteiger partial charge is 0.465 e. The van der Waals surface area contributed by atoms with E-state index in [1.807, 2.05) is 0 Å². The summed E-state index contributed by atoms with van der Waals surface area (Å²) >= 11 is 0. The number of hydrogen-bond acceptors (Lipinski definition) is 5. The molecule has 0 aliphatic rings. The first kappa shape index (κ1) is 26.6. The van der Waals surface area contributed by atoms with E-state index in [0.29, 0.717) is 12.8 Å². The van der Waals surface area contributed by atoms with Gasteiger partial charge in [-0.25, -0.2) is 0 Å². The molecule has 0 saturated carbocycles. The van der Waals surface area contributed by atoms with Gasteiger partial charge in [-0.3, -0.25) is 9.59 Å². The Kier molecular flexibility index (Phi) is 19.3. The molecular weight excluding hydrogens is 356 g/mol. The summed E-state index contributed by atoms with van der Waals surface area (Å²) in [6.45, 7) is 4.63. The van der Waals surface area contributed by atoms with E-state index < -0.39 is 0 Å². The smallest absolute Gasteiger partial charge is 0.305 e. The number of carbonyl (C=O) groups excluding carboxylic acids is 3. The molecule has 0 heterocycles. The van der Waals surface area contributed by atoms with Crippen molar-refractivity contribution in [3.63, 3.8) is 0 Å². The van der Waals surface area contributed by atoms with Crippen molar-refractivity contribution in [1.82, 2.24) is 0 Å². The second-order valence-electron chi connectivity index (χ2n) is 7.67. The number of carbonyl (C=O) groups is 3. The molecule has 0 aliphatic heterocycles. The predicted molar refractivity (Wildman–Crippen MR) is 112 cm³/mol. The maximum Gasteiger partial charge on any atom is 0.305 e. The molecule has 164 valence electrons. The van der Waals surface area contributed by atoms with Crippen molar-refractivity contribution in [1.29, 1.82) is 0 Å². The number of hydrogen-bond donors (Lipinski definition) is 0. The minimum absolute atomic E-state index is 0.137. The van der Waals surface area contributed by atoms with E-state index >= 15 is 0 Å². The molecule has 0 rings (SSSR count). The zero-order chi connectivity index (χ0) is 20.9. The first-order chi connectivity index (χ1) is 13.6. The Bertz CT molecular complexity index is 362. The summed E-state index contributed by atoms with van der Waals surface area (Å²) in [5.41, 5.74) is 0. The molecule has 0 N–H and O–H groups in total. The van der Waals surface area contributed by atoms with Gasteiger partial charge >= 0.3 is 11.9 Å². The zero-order valence-corrected chi connectivity index (χ0v) is 18.2. The number of ether oxygens (including phenoxy) is 2. The molecule has 28 heavy (non-hydrogen) atoms. The van der Waals surface area contributed by atoms with E-state index in [-0.39, 0.29) is 37.5 Å². The van der Waals surface area contributed by atoms with Gasteiger partial charge in [0.05, 0.1) is 13.2 Å². The monoisotopic (exact) mass is 398 g/mol. The minimum Gasteiger partial charge on any atom is -0.465 e. The van der Waals surface area contributed by atoms with Crippen LogP contribution in [0.2, 0.25) is 0 Å². The molecule has 0 unspecified atom stereocenters. The Balaban J connectivity index is 3.82. The highest BCUT2D eigenvalue weighted by atomic mass is 16.5. The predicted octanol–water partition coefficient (Wildman–Crippen LogP) is 5.78. The average molecular weight is 399 g/mol. The van der Waals surface area contributed by atoms with E-state index in [1.54, 1.807) is 0 Å². The van der Waals surface area contributed by atoms with Crippen LogP contribution in [0.15, 0.2) is 0 Å². The SMILES string of the molecule is CCCCCCCCC(=O)OCC(CC=O)COC(=O)CCCCCCCC. The summed E-state index contributed by atoms with van der Waals surface area (Å²) in [5.74, 6) is -0.714. The van der Waals surface area contributed by atoms with E-state index in [1.165, 1.54) is 38.5 Å². The molecule has 0 fully saturated rings. The van der Waals surface area contributed by atoms with E-state index in [4.69, 9.17) is 9.47 Å². The van der Waals surface area contributed by atoms with Crippen LogP contribution in [0.5, 0.6) is 0 Å². The molecule has 0 aromatic heterocycles. The van der Waals surface area contributed by atoms with Crippen LogP contribution >= 0.6 is 0 Å². The lowest BCUT2D eigenvalue weighted by molar-refractivity contribution is -0.149. The highest BCUT2D eigenvalue weighted by molar-refractivity contribution is 5.69. The maximum atomic E-state index is 11.8. The van der Waals surface area contributed by atoms with Gasteiger partial charge in [0.1, 0.15) is 6.29 Å². The highest BCUT2D eigenvalue weighted by Crippen LogP contribution is 2.11. The Morgan fingerprint density at radius 3 is 1.46 bits per heavy atom. The summed E-state index contributed by atoms with van der Waals surface area (Å²) in [7, 11) is 0. The topological polar surface area (TPSA) is 69.7 Å². The third-order valence-electron chi connectivity index (χ3n) is 4.86. The van der Waals surface area contributed by atoms with Crippen LogP contribution in [0.3, 0.4) is 0 Å². The summed E-state index contributed by atoms with van der Waals surface area (Å²) in [4.78, 5) is 34.4. The van der Waals surface area contributed by atoms with Gasteiger partial charge in [0, 0.05) is 25.2 Å². The Morgan fingerprint density at radius 2 is 1.07 bits per heavy atom. The third kappa shape index (κ3) is 18.0. The highest BCUT2D eigenvalue weighted by Gasteiger charge is 2.14. The quantitative estimate of drug-likeness (QED) is 0.148. The molecule has 5 heteroatoms. The lowest BCUT2D eigenvalue weighted by Gasteiger charge is -2.15. The second kappa shape index (κ2) is 20.3. The van der Waals surface area contributed by atoms with Gasteiger partial charge in [0.25, 0.3) is 0 Å². The maximum absolute atomic E-state index is 11.8. The molecule has 0 aromatic carbocycles. The molecular formula is C23H42O5. The van der Waals surface area contributed by atoms with Gasteiger partial charge in [-0.1, -0.05) is 78.1 Å². The van der Waals surface area contributed by atoms with Crippen molar-refractivity contribution < 1.29 is 23.9 Å². The molecule has 0 saturated heterocycles. The van der Waals surface area contributed by atoms with Crippen LogP contribution in [0.25, 0.3) is 0 Å². The first-order valence-electron chi connectivity index (χ1n) is 11.4. The number of unbranched alkanes of at least 4 members (excludes halogenated alkanes) is 10. The fraction of sp³-hybridized carbons (Fsp3) is 0.870. The van der Waals surface area contributed by atoms with Gasteiger partial charge in [-0.15, -0.1) is 0 Å². The third-order valence-corrected chi connectivity index (χ3v) is 4.86. The van der Waals surface area contributed by atoms with Crippen LogP contribution in [-0.4, -0.2) is 31.4 Å². The van der Waals surface area contributed by atoms with Crippen molar-refractivity contribution in [2.45, 2.75) is 110 Å². The lowest BCUT2D eigenvalue weighted by Crippen LogP contribution is -2.21. The molecule has 5 nitrogen and oxygen atoms in total. The molecule has 0 spiro atoms. The minimum atomic E-state index is -0.250. The van der Waals surface area contributed by atoms with E-state index in [9.17, 15) is 14.4 Å².